The molecule has 2 aromatic carbocycles. The largest absolute Gasteiger partial charge is 0.332 e. The second kappa shape index (κ2) is 8.40. The first-order valence-electron chi connectivity index (χ1n) is 8.38. The van der Waals surface area contributed by atoms with Gasteiger partial charge in [0.2, 0.25) is 0 Å². The summed E-state index contributed by atoms with van der Waals surface area (Å²) in [5.74, 6) is -5.62. The maximum atomic E-state index is 14.0. The molecule has 2 aromatic rings. The molecule has 1 aliphatic rings. The number of hydrogen-bond acceptors (Lipinski definition) is 5. The standard InChI is InChI=1S/C18H15F3N4O3S2/c1-10(22-9-23-29)24-30(27,28)12-2-5-15-11(8-12)6-7-25(15)18(26)13-3-4-14(19)17(21)16(13)20/h2-5,8-9,24,29H,1,6-7H2,(H,22,23). The molecule has 12 heteroatoms. The van der Waals surface area contributed by atoms with Crippen LogP contribution in [-0.2, 0) is 16.4 Å². The van der Waals surface area contributed by atoms with Crippen LogP contribution in [-0.4, -0.2) is 27.2 Å². The third-order valence-corrected chi connectivity index (χ3v) is 5.83. The van der Waals surface area contributed by atoms with Crippen molar-refractivity contribution in [3.63, 3.8) is 0 Å². The first kappa shape index (κ1) is 21.7. The number of amides is 1. The van der Waals surface area contributed by atoms with Gasteiger partial charge in [-0.15, -0.1) is 0 Å². The maximum Gasteiger partial charge on any atom is 0.262 e. The Hall–Kier alpha value is -2.99. The van der Waals surface area contributed by atoms with Crippen LogP contribution in [0.1, 0.15) is 15.9 Å². The summed E-state index contributed by atoms with van der Waals surface area (Å²) in [5, 5.41) is 2.47. The van der Waals surface area contributed by atoms with Gasteiger partial charge in [-0.05, 0) is 55.1 Å². The van der Waals surface area contributed by atoms with E-state index in [1.807, 2.05) is 0 Å². The Morgan fingerprint density at radius 3 is 2.63 bits per heavy atom. The average molecular weight is 456 g/mol. The van der Waals surface area contributed by atoms with Crippen LogP contribution in [0.3, 0.4) is 0 Å². The molecule has 0 unspecified atom stereocenters. The zero-order chi connectivity index (χ0) is 22.1. The average Bonchev–Trinajstić information content (AvgIpc) is 3.13. The van der Waals surface area contributed by atoms with E-state index in [1.165, 1.54) is 23.1 Å². The van der Waals surface area contributed by atoms with Crippen molar-refractivity contribution in [2.24, 2.45) is 4.40 Å². The number of carbonyl (C=O) groups excluding carboxylic acids is 1. The highest BCUT2D eigenvalue weighted by atomic mass is 32.2. The van der Waals surface area contributed by atoms with Gasteiger partial charge < -0.3 is 10.2 Å². The van der Waals surface area contributed by atoms with Gasteiger partial charge in [0, 0.05) is 12.2 Å². The van der Waals surface area contributed by atoms with Gasteiger partial charge in [0.15, 0.2) is 17.5 Å². The van der Waals surface area contributed by atoms with E-state index in [9.17, 15) is 26.4 Å². The zero-order valence-corrected chi connectivity index (χ0v) is 16.9. The molecule has 0 bridgehead atoms. The van der Waals surface area contributed by atoms with Crippen LogP contribution in [0.2, 0.25) is 0 Å². The van der Waals surface area contributed by atoms with Gasteiger partial charge in [0.25, 0.3) is 15.9 Å². The number of carbonyl (C=O) groups is 1. The lowest BCUT2D eigenvalue weighted by molar-refractivity contribution is 0.0984. The van der Waals surface area contributed by atoms with E-state index >= 15 is 0 Å². The molecular weight excluding hydrogens is 441 g/mol. The van der Waals surface area contributed by atoms with Gasteiger partial charge in [-0.1, -0.05) is 6.58 Å². The highest BCUT2D eigenvalue weighted by Gasteiger charge is 2.30. The van der Waals surface area contributed by atoms with Gasteiger partial charge in [-0.2, -0.15) is 0 Å². The van der Waals surface area contributed by atoms with E-state index < -0.39 is 38.9 Å². The van der Waals surface area contributed by atoms with Crippen molar-refractivity contribution in [2.45, 2.75) is 11.3 Å². The fourth-order valence-electron chi connectivity index (χ4n) is 2.95. The Balaban J connectivity index is 1.87. The maximum absolute atomic E-state index is 14.0. The van der Waals surface area contributed by atoms with Crippen molar-refractivity contribution in [1.29, 1.82) is 0 Å². The Kier molecular flexibility index (Phi) is 6.08. The van der Waals surface area contributed by atoms with Gasteiger partial charge in [-0.3, -0.25) is 9.52 Å². The highest BCUT2D eigenvalue weighted by molar-refractivity contribution is 7.89. The lowest BCUT2D eigenvalue weighted by atomic mass is 10.1. The summed E-state index contributed by atoms with van der Waals surface area (Å²) in [4.78, 5) is 13.7. The van der Waals surface area contributed by atoms with E-state index in [2.05, 4.69) is 33.8 Å². The quantitative estimate of drug-likeness (QED) is 0.270. The Labute approximate surface area is 175 Å². The molecule has 0 saturated carbocycles. The molecule has 3 rings (SSSR count). The van der Waals surface area contributed by atoms with Crippen molar-refractivity contribution in [1.82, 2.24) is 10.0 Å². The number of anilines is 1. The first-order valence-corrected chi connectivity index (χ1v) is 10.3. The van der Waals surface area contributed by atoms with Crippen LogP contribution in [0.15, 0.2) is 52.0 Å². The fraction of sp³-hybridized carbons (Fsp3) is 0.111. The summed E-state index contributed by atoms with van der Waals surface area (Å²) in [6.07, 6.45) is 1.42. The minimum atomic E-state index is -3.97. The molecule has 1 amide bonds. The number of thiol groups is 1. The van der Waals surface area contributed by atoms with E-state index in [-0.39, 0.29) is 17.3 Å². The topological polar surface area (TPSA) is 90.9 Å². The number of benzene rings is 2. The van der Waals surface area contributed by atoms with Gasteiger partial charge >= 0.3 is 0 Å². The monoisotopic (exact) mass is 456 g/mol. The first-order chi connectivity index (χ1) is 14.2. The molecular formula is C18H15F3N4O3S2. The van der Waals surface area contributed by atoms with E-state index in [4.69, 9.17) is 0 Å². The van der Waals surface area contributed by atoms with Gasteiger partial charge in [-0.25, -0.2) is 26.0 Å². The molecule has 0 saturated heterocycles. The summed E-state index contributed by atoms with van der Waals surface area (Å²) in [7, 11) is -3.97. The third kappa shape index (κ3) is 4.14. The fourth-order valence-corrected chi connectivity index (χ4v) is 4.05. The highest BCUT2D eigenvalue weighted by Crippen LogP contribution is 2.32. The van der Waals surface area contributed by atoms with Crippen molar-refractivity contribution in [2.75, 3.05) is 11.4 Å². The van der Waals surface area contributed by atoms with Gasteiger partial charge in [0.05, 0.1) is 10.5 Å². The van der Waals surface area contributed by atoms with Crippen molar-refractivity contribution >= 4 is 40.8 Å². The van der Waals surface area contributed by atoms with Crippen molar-refractivity contribution in [3.8, 4) is 0 Å². The number of nitrogens with zero attached hydrogens (tertiary/aromatic N) is 2. The Morgan fingerprint density at radius 2 is 1.93 bits per heavy atom. The van der Waals surface area contributed by atoms with E-state index in [0.717, 1.165) is 12.4 Å². The predicted octanol–water partition coefficient (Wildman–Crippen LogP) is 2.52. The SMILES string of the molecule is C=C(N/C=N\S)NS(=O)(=O)c1ccc2c(c1)CCN2C(=O)c1ccc(F)c(F)c1F. The predicted molar refractivity (Wildman–Crippen MR) is 108 cm³/mol. The molecule has 0 aromatic heterocycles. The normalized spacial score (nSPS) is 13.4. The number of rotatable bonds is 6. The van der Waals surface area contributed by atoms with Crippen LogP contribution < -0.4 is 14.9 Å². The van der Waals surface area contributed by atoms with E-state index in [1.54, 1.807) is 0 Å². The number of hydrogen-bond donors (Lipinski definition) is 3. The molecule has 1 aliphatic heterocycles. The summed E-state index contributed by atoms with van der Waals surface area (Å²) in [6, 6.07) is 5.55. The number of halogens is 3. The lowest BCUT2D eigenvalue weighted by Crippen LogP contribution is -2.30. The van der Waals surface area contributed by atoms with Gasteiger partial charge in [0.1, 0.15) is 12.2 Å². The molecule has 158 valence electrons. The van der Waals surface area contributed by atoms with Crippen LogP contribution in [0, 0.1) is 17.5 Å². The number of nitrogens with one attached hydrogen (secondary N) is 2. The molecule has 30 heavy (non-hydrogen) atoms. The zero-order valence-electron chi connectivity index (χ0n) is 15.2. The van der Waals surface area contributed by atoms with Crippen molar-refractivity contribution < 1.29 is 26.4 Å². The second-order valence-corrected chi connectivity index (χ2v) is 8.11. The molecule has 7 nitrogen and oxygen atoms in total. The molecule has 0 aliphatic carbocycles. The molecule has 0 atom stereocenters. The Morgan fingerprint density at radius 1 is 1.20 bits per heavy atom. The summed E-state index contributed by atoms with van der Waals surface area (Å²) >= 11 is 3.58. The van der Waals surface area contributed by atoms with Crippen LogP contribution in [0.4, 0.5) is 18.9 Å². The minimum Gasteiger partial charge on any atom is -0.332 e. The minimum absolute atomic E-state index is 0.0566. The van der Waals surface area contributed by atoms with E-state index in [0.29, 0.717) is 23.7 Å². The van der Waals surface area contributed by atoms with Crippen LogP contribution in [0.5, 0.6) is 0 Å². The summed E-state index contributed by atoms with van der Waals surface area (Å²) in [5.41, 5.74) is 0.250. The molecule has 0 radical (unpaired) electrons. The third-order valence-electron chi connectivity index (χ3n) is 4.32. The number of sulfonamides is 1. The molecule has 0 spiro atoms. The second-order valence-electron chi connectivity index (χ2n) is 6.19. The molecule has 2 N–H and O–H groups in total. The van der Waals surface area contributed by atoms with Crippen LogP contribution >= 0.6 is 12.8 Å². The lowest BCUT2D eigenvalue weighted by Gasteiger charge is -2.18. The Bertz CT molecular complexity index is 1170. The smallest absolute Gasteiger partial charge is 0.262 e. The van der Waals surface area contributed by atoms with Crippen molar-refractivity contribution in [3.05, 3.63) is 71.3 Å². The molecule has 1 heterocycles. The van der Waals surface area contributed by atoms with Crippen LogP contribution in [0.25, 0.3) is 0 Å². The number of fused-ring (bicyclic) bond motifs is 1. The summed E-state index contributed by atoms with van der Waals surface area (Å²) < 4.78 is 71.1. The summed E-state index contributed by atoms with van der Waals surface area (Å²) in [6.45, 7) is 3.61. The molecule has 0 fully saturated rings.